The van der Waals surface area contributed by atoms with Gasteiger partial charge in [-0.15, -0.1) is 0 Å². The van der Waals surface area contributed by atoms with Crippen LogP contribution in [0.5, 0.6) is 5.75 Å². The molecule has 1 aromatic carbocycles. The number of nitrogens with zero attached hydrogens (tertiary/aromatic N) is 2. The number of rotatable bonds is 3. The van der Waals surface area contributed by atoms with Gasteiger partial charge in [0.25, 0.3) is 0 Å². The average Bonchev–Trinajstić information content (AvgIpc) is 3.08. The molecule has 0 radical (unpaired) electrons. The summed E-state index contributed by atoms with van der Waals surface area (Å²) in [6.45, 7) is 1.57. The van der Waals surface area contributed by atoms with Crippen LogP contribution in [0.15, 0.2) is 18.2 Å². The largest absolute Gasteiger partial charge is 0.490 e. The molecule has 2 aliphatic rings. The quantitative estimate of drug-likeness (QED) is 0.687. The Morgan fingerprint density at radius 3 is 2.64 bits per heavy atom. The van der Waals surface area contributed by atoms with Crippen LogP contribution >= 0.6 is 0 Å². The number of ether oxygens (including phenoxy) is 1. The van der Waals surface area contributed by atoms with E-state index in [1.54, 1.807) is 6.07 Å². The second-order valence-electron chi connectivity index (χ2n) is 5.93. The number of nitrogens with one attached hydrogen (secondary N) is 1. The molecule has 7 nitrogen and oxygen atoms in total. The van der Waals surface area contributed by atoms with E-state index >= 15 is 0 Å². The first-order valence-corrected chi connectivity index (χ1v) is 7.47. The zero-order chi connectivity index (χ0) is 15.7. The third-order valence-electron chi connectivity index (χ3n) is 4.64. The third-order valence-corrected chi connectivity index (χ3v) is 4.64. The lowest BCUT2D eigenvalue weighted by atomic mass is 10.0. The lowest BCUT2D eigenvalue weighted by Crippen LogP contribution is -2.33. The van der Waals surface area contributed by atoms with Crippen LogP contribution in [-0.4, -0.2) is 36.1 Å². The number of benzene rings is 1. The Morgan fingerprint density at radius 1 is 1.36 bits per heavy atom. The van der Waals surface area contributed by atoms with Crippen LogP contribution in [0, 0.1) is 22.0 Å². The standard InChI is InChI=1S/C15H19N3O4/c1-22-14-6-5-12(7-13(14)18(20)21)16-15(19)17-8-10-3-2-4-11(10)9-17/h5-7,10-11H,2-4,8-9H2,1H3,(H,16,19). The predicted octanol–water partition coefficient (Wildman–Crippen LogP) is 2.87. The van der Waals surface area contributed by atoms with Gasteiger partial charge in [-0.3, -0.25) is 10.1 Å². The van der Waals surface area contributed by atoms with Crippen molar-refractivity contribution in [1.82, 2.24) is 4.90 Å². The number of anilines is 1. The van der Waals surface area contributed by atoms with E-state index in [0.717, 1.165) is 13.1 Å². The predicted molar refractivity (Wildman–Crippen MR) is 81.1 cm³/mol. The van der Waals surface area contributed by atoms with Crippen molar-refractivity contribution in [2.75, 3.05) is 25.5 Å². The van der Waals surface area contributed by atoms with E-state index in [9.17, 15) is 14.9 Å². The molecule has 22 heavy (non-hydrogen) atoms. The maximum Gasteiger partial charge on any atom is 0.321 e. The van der Waals surface area contributed by atoms with Crippen molar-refractivity contribution in [1.29, 1.82) is 0 Å². The Kier molecular flexibility index (Phi) is 3.87. The fraction of sp³-hybridized carbons (Fsp3) is 0.533. The molecule has 3 rings (SSSR count). The van der Waals surface area contributed by atoms with Crippen LogP contribution < -0.4 is 10.1 Å². The van der Waals surface area contributed by atoms with E-state index in [0.29, 0.717) is 17.5 Å². The second kappa shape index (κ2) is 5.82. The summed E-state index contributed by atoms with van der Waals surface area (Å²) < 4.78 is 4.95. The van der Waals surface area contributed by atoms with Gasteiger partial charge in [0, 0.05) is 24.8 Å². The summed E-state index contributed by atoms with van der Waals surface area (Å²) in [6, 6.07) is 4.25. The van der Waals surface area contributed by atoms with Crippen molar-refractivity contribution in [2.45, 2.75) is 19.3 Å². The molecule has 7 heteroatoms. The number of likely N-dealkylation sites (tertiary alicyclic amines) is 1. The molecular formula is C15H19N3O4. The van der Waals surface area contributed by atoms with E-state index in [1.165, 1.54) is 38.5 Å². The minimum Gasteiger partial charge on any atom is -0.490 e. The molecule has 0 aromatic heterocycles. The Labute approximate surface area is 128 Å². The van der Waals surface area contributed by atoms with Gasteiger partial charge in [0.05, 0.1) is 12.0 Å². The van der Waals surface area contributed by atoms with Crippen molar-refractivity contribution < 1.29 is 14.5 Å². The Hall–Kier alpha value is -2.31. The molecule has 1 aliphatic heterocycles. The minimum atomic E-state index is -0.519. The average molecular weight is 305 g/mol. The highest BCUT2D eigenvalue weighted by Crippen LogP contribution is 2.38. The molecule has 1 N–H and O–H groups in total. The van der Waals surface area contributed by atoms with Crippen LogP contribution in [0.2, 0.25) is 0 Å². The van der Waals surface area contributed by atoms with Gasteiger partial charge in [-0.25, -0.2) is 4.79 Å². The van der Waals surface area contributed by atoms with Gasteiger partial charge in [0.2, 0.25) is 0 Å². The van der Waals surface area contributed by atoms with Gasteiger partial charge < -0.3 is 15.0 Å². The fourth-order valence-corrected chi connectivity index (χ4v) is 3.51. The summed E-state index contributed by atoms with van der Waals surface area (Å²) in [6.07, 6.45) is 3.65. The highest BCUT2D eigenvalue weighted by Gasteiger charge is 2.38. The maximum absolute atomic E-state index is 12.3. The van der Waals surface area contributed by atoms with E-state index < -0.39 is 4.92 Å². The van der Waals surface area contributed by atoms with Crippen LogP contribution in [0.4, 0.5) is 16.2 Å². The zero-order valence-electron chi connectivity index (χ0n) is 12.4. The molecular weight excluding hydrogens is 286 g/mol. The smallest absolute Gasteiger partial charge is 0.321 e. The first-order chi connectivity index (χ1) is 10.6. The van der Waals surface area contributed by atoms with Crippen molar-refractivity contribution in [3.05, 3.63) is 28.3 Å². The number of carbonyl (C=O) groups is 1. The molecule has 2 amide bonds. The van der Waals surface area contributed by atoms with Crippen LogP contribution in [0.3, 0.4) is 0 Å². The topological polar surface area (TPSA) is 84.7 Å². The van der Waals surface area contributed by atoms with Gasteiger partial charge in [0.1, 0.15) is 0 Å². The van der Waals surface area contributed by atoms with Crippen LogP contribution in [0.25, 0.3) is 0 Å². The van der Waals surface area contributed by atoms with E-state index in [-0.39, 0.29) is 17.5 Å². The normalized spacial score (nSPS) is 23.2. The molecule has 1 saturated heterocycles. The monoisotopic (exact) mass is 305 g/mol. The summed E-state index contributed by atoms with van der Waals surface area (Å²) >= 11 is 0. The number of fused-ring (bicyclic) bond motifs is 1. The number of hydrogen-bond donors (Lipinski definition) is 1. The molecule has 0 spiro atoms. The molecule has 0 bridgehead atoms. The van der Waals surface area contributed by atoms with Crippen molar-refractivity contribution in [2.24, 2.45) is 11.8 Å². The van der Waals surface area contributed by atoms with Crippen LogP contribution in [0.1, 0.15) is 19.3 Å². The lowest BCUT2D eigenvalue weighted by Gasteiger charge is -2.18. The van der Waals surface area contributed by atoms with Crippen molar-refractivity contribution in [3.8, 4) is 5.75 Å². The van der Waals surface area contributed by atoms with Gasteiger partial charge in [-0.05, 0) is 36.8 Å². The summed E-state index contributed by atoms with van der Waals surface area (Å²) in [5.74, 6) is 1.42. The number of carbonyl (C=O) groups excluding carboxylic acids is 1. The first-order valence-electron chi connectivity index (χ1n) is 7.47. The molecule has 1 aromatic rings. The Bertz CT molecular complexity index is 592. The van der Waals surface area contributed by atoms with E-state index in [4.69, 9.17) is 4.74 Å². The highest BCUT2D eigenvalue weighted by molar-refractivity contribution is 5.90. The van der Waals surface area contributed by atoms with Crippen molar-refractivity contribution in [3.63, 3.8) is 0 Å². The van der Waals surface area contributed by atoms with Gasteiger partial charge in [-0.2, -0.15) is 0 Å². The number of nitro groups is 1. The van der Waals surface area contributed by atoms with Gasteiger partial charge in [0.15, 0.2) is 5.75 Å². The lowest BCUT2D eigenvalue weighted by molar-refractivity contribution is -0.385. The number of nitro benzene ring substituents is 1. The molecule has 2 atom stereocenters. The highest BCUT2D eigenvalue weighted by atomic mass is 16.6. The fourth-order valence-electron chi connectivity index (χ4n) is 3.51. The summed E-state index contributed by atoms with van der Waals surface area (Å²) in [5, 5.41) is 13.8. The molecule has 2 unspecified atom stereocenters. The van der Waals surface area contributed by atoms with Gasteiger partial charge >= 0.3 is 11.7 Å². The Morgan fingerprint density at radius 2 is 2.05 bits per heavy atom. The molecule has 2 fully saturated rings. The molecule has 1 saturated carbocycles. The molecule has 1 heterocycles. The first kappa shape index (κ1) is 14.6. The number of hydrogen-bond acceptors (Lipinski definition) is 4. The number of amides is 2. The van der Waals surface area contributed by atoms with Crippen molar-refractivity contribution >= 4 is 17.4 Å². The number of methoxy groups -OCH3 is 1. The van der Waals surface area contributed by atoms with E-state index in [1.807, 2.05) is 4.90 Å². The molecule has 1 aliphatic carbocycles. The third kappa shape index (κ3) is 2.70. The molecule has 118 valence electrons. The zero-order valence-corrected chi connectivity index (χ0v) is 12.4. The Balaban J connectivity index is 1.69. The summed E-state index contributed by atoms with van der Waals surface area (Å²) in [5.41, 5.74) is 0.258. The van der Waals surface area contributed by atoms with Crippen LogP contribution in [-0.2, 0) is 0 Å². The summed E-state index contributed by atoms with van der Waals surface area (Å²) in [4.78, 5) is 24.6. The minimum absolute atomic E-state index is 0.154. The number of urea groups is 1. The maximum atomic E-state index is 12.3. The summed E-state index contributed by atoms with van der Waals surface area (Å²) in [7, 11) is 1.38. The van der Waals surface area contributed by atoms with Gasteiger partial charge in [-0.1, -0.05) is 6.42 Å². The second-order valence-corrected chi connectivity index (χ2v) is 5.93. The van der Waals surface area contributed by atoms with E-state index in [2.05, 4.69) is 5.32 Å². The SMILES string of the molecule is COc1ccc(NC(=O)N2CC3CCCC3C2)cc1[N+](=O)[O-].